The Labute approximate surface area is 498 Å². The van der Waals surface area contributed by atoms with Crippen LogP contribution in [0.1, 0.15) is 387 Å². The smallest absolute Gasteiger partial charge is 0.306 e. The number of ether oxygens (including phenoxy) is 3. The Bertz CT molecular complexity index is 1380. The van der Waals surface area contributed by atoms with Crippen LogP contribution in [0.25, 0.3) is 0 Å². The molecule has 0 aromatic carbocycles. The molecule has 0 fully saturated rings. The van der Waals surface area contributed by atoms with Crippen molar-refractivity contribution in [2.75, 3.05) is 13.2 Å². The van der Waals surface area contributed by atoms with Gasteiger partial charge in [0, 0.05) is 19.3 Å². The highest BCUT2D eigenvalue weighted by Crippen LogP contribution is 2.19. The van der Waals surface area contributed by atoms with Crippen LogP contribution < -0.4 is 0 Å². The lowest BCUT2D eigenvalue weighted by atomic mass is 10.0. The van der Waals surface area contributed by atoms with E-state index in [1.807, 2.05) is 0 Å². The summed E-state index contributed by atoms with van der Waals surface area (Å²) >= 11 is 0. The van der Waals surface area contributed by atoms with Crippen molar-refractivity contribution >= 4 is 17.9 Å². The largest absolute Gasteiger partial charge is 0.462 e. The summed E-state index contributed by atoms with van der Waals surface area (Å²) in [5.74, 6) is -0.871. The molecule has 80 heavy (non-hydrogen) atoms. The maximum atomic E-state index is 13.0. The molecule has 0 amide bonds. The molecule has 1 atom stereocenters. The van der Waals surface area contributed by atoms with Crippen molar-refractivity contribution in [2.24, 2.45) is 0 Å². The fourth-order valence-corrected chi connectivity index (χ4v) is 10.8. The van der Waals surface area contributed by atoms with Crippen molar-refractivity contribution in [3.8, 4) is 0 Å². The predicted molar refractivity (Wildman–Crippen MR) is 349 cm³/mol. The summed E-state index contributed by atoms with van der Waals surface area (Å²) in [4.78, 5) is 38.5. The van der Waals surface area contributed by atoms with Crippen LogP contribution in [0.5, 0.6) is 0 Å². The summed E-state index contributed by atoms with van der Waals surface area (Å²) in [5.41, 5.74) is 0. The Hall–Kier alpha value is -2.63. The summed E-state index contributed by atoms with van der Waals surface area (Å²) in [7, 11) is 0. The molecule has 0 heterocycles. The molecule has 0 saturated heterocycles. The number of carbonyl (C=O) groups is 3. The van der Waals surface area contributed by atoms with Crippen LogP contribution in [0.3, 0.4) is 0 Å². The standard InChI is InChI=1S/C74H136O6/c1-4-7-10-13-16-19-22-25-28-31-33-35-36-37-38-39-41-43-46-49-52-55-58-61-64-67-73(76)79-70-71(69-78-72(75)66-63-60-57-54-51-48-45-42-30-27-24-21-18-15-12-9-6-3)80-74(77)68-65-62-59-56-53-50-47-44-40-34-32-29-26-23-20-17-14-11-8-5-2/h9,12,18,21,27,30,45,48,71H,4-8,10-11,13-17,19-20,22-26,28-29,31-44,46-47,49-70H2,1-3H3/b12-9-,21-18-,30-27-,48-45-. The van der Waals surface area contributed by atoms with Gasteiger partial charge in [0.25, 0.3) is 0 Å². The van der Waals surface area contributed by atoms with Crippen molar-refractivity contribution in [1.29, 1.82) is 0 Å². The van der Waals surface area contributed by atoms with Crippen LogP contribution in [-0.4, -0.2) is 37.2 Å². The zero-order chi connectivity index (χ0) is 57.8. The van der Waals surface area contributed by atoms with E-state index in [0.717, 1.165) is 96.3 Å². The molecular weight excluding hydrogens is 985 g/mol. The first-order valence-corrected chi connectivity index (χ1v) is 35.6. The number of allylic oxidation sites excluding steroid dienone is 8. The van der Waals surface area contributed by atoms with E-state index in [1.54, 1.807) is 0 Å². The highest BCUT2D eigenvalue weighted by atomic mass is 16.6. The molecule has 0 radical (unpaired) electrons. The molecule has 0 N–H and O–H groups in total. The number of carbonyl (C=O) groups excluding carboxylic acids is 3. The zero-order valence-corrected chi connectivity index (χ0v) is 53.9. The monoisotopic (exact) mass is 1120 g/mol. The molecule has 6 heteroatoms. The lowest BCUT2D eigenvalue weighted by molar-refractivity contribution is -0.167. The van der Waals surface area contributed by atoms with E-state index in [0.29, 0.717) is 19.3 Å². The summed E-state index contributed by atoms with van der Waals surface area (Å²) in [5, 5.41) is 0. The molecule has 0 rings (SSSR count). The Kier molecular flexibility index (Phi) is 66.6. The molecule has 0 aliphatic carbocycles. The van der Waals surface area contributed by atoms with Crippen LogP contribution in [0, 0.1) is 0 Å². The van der Waals surface area contributed by atoms with Gasteiger partial charge in [0.05, 0.1) is 0 Å². The molecular formula is C74H136O6. The third kappa shape index (κ3) is 66.2. The van der Waals surface area contributed by atoms with Gasteiger partial charge >= 0.3 is 17.9 Å². The molecule has 0 aliphatic rings. The predicted octanol–water partition coefficient (Wildman–Crippen LogP) is 24.5. The van der Waals surface area contributed by atoms with Gasteiger partial charge in [-0.1, -0.05) is 358 Å². The summed E-state index contributed by atoms with van der Waals surface area (Å²) < 4.78 is 17.0. The van der Waals surface area contributed by atoms with Gasteiger partial charge in [-0.3, -0.25) is 14.4 Å². The maximum Gasteiger partial charge on any atom is 0.306 e. The van der Waals surface area contributed by atoms with E-state index in [9.17, 15) is 14.4 Å². The number of hydrogen-bond donors (Lipinski definition) is 0. The number of unbranched alkanes of at least 4 members (excludes halogenated alkanes) is 47. The van der Waals surface area contributed by atoms with Crippen molar-refractivity contribution < 1.29 is 28.6 Å². The van der Waals surface area contributed by atoms with E-state index >= 15 is 0 Å². The van der Waals surface area contributed by atoms with Crippen molar-refractivity contribution in [1.82, 2.24) is 0 Å². The molecule has 0 bridgehead atoms. The Morgan fingerprint density at radius 3 is 0.762 bits per heavy atom. The lowest BCUT2D eigenvalue weighted by Crippen LogP contribution is -2.30. The highest BCUT2D eigenvalue weighted by Gasteiger charge is 2.19. The fraction of sp³-hybridized carbons (Fsp3) is 0.851. The SMILES string of the molecule is CC/C=C\C/C=C\C/C=C\C/C=C\CCCCCCC(=O)OCC(COC(=O)CCCCCCCCCCCCCCCCCCCCCCCCCCC)OC(=O)CCCCCCCCCCCCCCCCCCCCCC. The molecule has 468 valence electrons. The molecule has 0 aromatic rings. The third-order valence-electron chi connectivity index (χ3n) is 16.1. The van der Waals surface area contributed by atoms with Crippen molar-refractivity contribution in [3.05, 3.63) is 48.6 Å². The first kappa shape index (κ1) is 77.4. The van der Waals surface area contributed by atoms with Crippen LogP contribution >= 0.6 is 0 Å². The molecule has 1 unspecified atom stereocenters. The van der Waals surface area contributed by atoms with Crippen LogP contribution in [0.15, 0.2) is 48.6 Å². The molecule has 6 nitrogen and oxygen atoms in total. The van der Waals surface area contributed by atoms with Gasteiger partial charge < -0.3 is 14.2 Å². The normalized spacial score (nSPS) is 12.3. The van der Waals surface area contributed by atoms with E-state index in [4.69, 9.17) is 14.2 Å². The van der Waals surface area contributed by atoms with Gasteiger partial charge in [0.15, 0.2) is 6.10 Å². The molecule has 0 aliphatic heterocycles. The van der Waals surface area contributed by atoms with Gasteiger partial charge in [-0.2, -0.15) is 0 Å². The quantitative estimate of drug-likeness (QED) is 0.0261. The Morgan fingerprint density at radius 2 is 0.487 bits per heavy atom. The maximum absolute atomic E-state index is 13.0. The van der Waals surface area contributed by atoms with Crippen LogP contribution in [-0.2, 0) is 28.6 Å². The van der Waals surface area contributed by atoms with Gasteiger partial charge in [0.1, 0.15) is 13.2 Å². The Balaban J connectivity index is 4.29. The second kappa shape index (κ2) is 68.9. The van der Waals surface area contributed by atoms with Crippen molar-refractivity contribution in [3.63, 3.8) is 0 Å². The summed E-state index contributed by atoms with van der Waals surface area (Å²) in [6.45, 7) is 6.59. The van der Waals surface area contributed by atoms with Gasteiger partial charge in [-0.05, 0) is 57.8 Å². The zero-order valence-electron chi connectivity index (χ0n) is 53.9. The second-order valence-electron chi connectivity index (χ2n) is 24.1. The van der Waals surface area contributed by atoms with Gasteiger partial charge in [0.2, 0.25) is 0 Å². The first-order chi connectivity index (χ1) is 39.5. The van der Waals surface area contributed by atoms with E-state index in [-0.39, 0.29) is 31.1 Å². The average molecular weight is 1120 g/mol. The first-order valence-electron chi connectivity index (χ1n) is 35.6. The average Bonchev–Trinajstić information content (AvgIpc) is 3.46. The summed E-state index contributed by atoms with van der Waals surface area (Å²) in [6.07, 6.45) is 87.2. The second-order valence-corrected chi connectivity index (χ2v) is 24.1. The van der Waals surface area contributed by atoms with Crippen LogP contribution in [0.4, 0.5) is 0 Å². The van der Waals surface area contributed by atoms with Crippen LogP contribution in [0.2, 0.25) is 0 Å². The van der Waals surface area contributed by atoms with Gasteiger partial charge in [-0.25, -0.2) is 0 Å². The highest BCUT2D eigenvalue weighted by molar-refractivity contribution is 5.71. The van der Waals surface area contributed by atoms with E-state index in [2.05, 4.69) is 69.4 Å². The third-order valence-corrected chi connectivity index (χ3v) is 16.1. The molecule has 0 saturated carbocycles. The molecule has 0 spiro atoms. The number of hydrogen-bond acceptors (Lipinski definition) is 6. The van der Waals surface area contributed by atoms with E-state index < -0.39 is 6.10 Å². The van der Waals surface area contributed by atoms with Crippen molar-refractivity contribution in [2.45, 2.75) is 393 Å². The Morgan fingerprint density at radius 1 is 0.263 bits per heavy atom. The van der Waals surface area contributed by atoms with Gasteiger partial charge in [-0.15, -0.1) is 0 Å². The topological polar surface area (TPSA) is 78.9 Å². The minimum Gasteiger partial charge on any atom is -0.462 e. The lowest BCUT2D eigenvalue weighted by Gasteiger charge is -2.18. The number of rotatable bonds is 66. The number of esters is 3. The molecule has 0 aromatic heterocycles. The van der Waals surface area contributed by atoms with E-state index in [1.165, 1.54) is 250 Å². The minimum atomic E-state index is -0.782. The fourth-order valence-electron chi connectivity index (χ4n) is 10.8. The minimum absolute atomic E-state index is 0.0755. The summed E-state index contributed by atoms with van der Waals surface area (Å²) in [6, 6.07) is 0.